The van der Waals surface area contributed by atoms with Crippen molar-refractivity contribution in [3.05, 3.63) is 27.4 Å². The smallest absolute Gasteiger partial charge is 0.386 e. The topological polar surface area (TPSA) is 227 Å². The molecule has 0 radical (unpaired) electrons. The van der Waals surface area contributed by atoms with E-state index in [0.29, 0.717) is 12.3 Å². The minimum absolute atomic E-state index is 0.290. The molecule has 33 heavy (non-hydrogen) atoms. The molecule has 0 spiro atoms. The molecule has 1 aromatic heterocycles. The molecule has 1 aliphatic rings. The van der Waals surface area contributed by atoms with E-state index in [4.69, 9.17) is 19.4 Å². The zero-order valence-electron chi connectivity index (χ0n) is 15.3. The number of phosphoric acid groups is 3. The van der Waals surface area contributed by atoms with Crippen LogP contribution in [0.1, 0.15) is 6.23 Å². The zero-order valence-corrected chi connectivity index (χ0v) is 18.8. The summed E-state index contributed by atoms with van der Waals surface area (Å²) in [5.74, 6) is 0. The van der Waals surface area contributed by atoms with Crippen LogP contribution >= 0.6 is 35.7 Å². The standard InChI is InChI=1S/C10H13F4N2O13P3S/c11-9(10(12,13)14)6(18)4(27-7(9)16-2-1-5(17)15-8(16)33)3-26-31(22,23)29-32(24,25)28-30(19,20)21/h1-2,4,6-7,18H,3H2,(H,22,23)(H,24,25)(H,15,17,33)(H2,19,20,21)/t4-,6+,7-,9?/m1/s1. The minimum Gasteiger partial charge on any atom is -0.386 e. The molecule has 1 aromatic rings. The molecule has 0 bridgehead atoms. The Morgan fingerprint density at radius 2 is 1.76 bits per heavy atom. The normalized spacial score (nSPS) is 30.0. The first-order valence-corrected chi connectivity index (χ1v) is 12.8. The van der Waals surface area contributed by atoms with E-state index in [1.807, 2.05) is 4.98 Å². The van der Waals surface area contributed by atoms with Gasteiger partial charge in [0, 0.05) is 12.3 Å². The van der Waals surface area contributed by atoms with E-state index < -0.39 is 70.7 Å². The third kappa shape index (κ3) is 6.64. The lowest BCUT2D eigenvalue weighted by Crippen LogP contribution is -2.54. The van der Waals surface area contributed by atoms with Gasteiger partial charge in [0.25, 0.3) is 11.2 Å². The molecule has 0 amide bonds. The second-order valence-electron chi connectivity index (χ2n) is 6.14. The number of hydrogen-bond acceptors (Lipinski definition) is 10. The van der Waals surface area contributed by atoms with E-state index in [2.05, 4.69) is 25.4 Å². The van der Waals surface area contributed by atoms with Gasteiger partial charge in [-0.3, -0.25) is 18.9 Å². The second-order valence-corrected chi connectivity index (χ2v) is 10.9. The molecule has 0 saturated carbocycles. The Morgan fingerprint density at radius 3 is 2.24 bits per heavy atom. The van der Waals surface area contributed by atoms with Crippen molar-refractivity contribution in [2.75, 3.05) is 6.61 Å². The molecule has 0 aromatic carbocycles. The predicted octanol–water partition coefficient (Wildman–Crippen LogP) is 0.778. The summed E-state index contributed by atoms with van der Waals surface area (Å²) in [6.45, 7) is -1.58. The van der Waals surface area contributed by atoms with Gasteiger partial charge in [-0.1, -0.05) is 0 Å². The lowest BCUT2D eigenvalue weighted by atomic mass is 9.95. The third-order valence-corrected chi connectivity index (χ3v) is 7.92. The average molecular weight is 570 g/mol. The number of ether oxygens (including phenoxy) is 1. The van der Waals surface area contributed by atoms with Gasteiger partial charge < -0.3 is 29.4 Å². The number of hydrogen-bond donors (Lipinski definition) is 6. The van der Waals surface area contributed by atoms with Crippen LogP contribution in [-0.2, 0) is 31.6 Å². The summed E-state index contributed by atoms with van der Waals surface area (Å²) in [5.41, 5.74) is -5.47. The molecule has 0 aliphatic carbocycles. The van der Waals surface area contributed by atoms with Gasteiger partial charge >= 0.3 is 29.6 Å². The number of aliphatic hydroxyl groups is 1. The molecule has 190 valence electrons. The molecular weight excluding hydrogens is 557 g/mol. The van der Waals surface area contributed by atoms with Gasteiger partial charge in [0.1, 0.15) is 12.2 Å². The number of nitrogens with zero attached hydrogens (tertiary/aromatic N) is 1. The Balaban J connectivity index is 2.29. The van der Waals surface area contributed by atoms with Gasteiger partial charge in [-0.2, -0.15) is 21.8 Å². The van der Waals surface area contributed by atoms with E-state index >= 15 is 4.39 Å². The van der Waals surface area contributed by atoms with Gasteiger partial charge in [-0.05, 0) is 12.2 Å². The van der Waals surface area contributed by atoms with Crippen molar-refractivity contribution in [3.8, 4) is 0 Å². The van der Waals surface area contributed by atoms with Crippen LogP contribution < -0.4 is 5.56 Å². The fraction of sp³-hybridized carbons (Fsp3) is 0.600. The molecule has 1 fully saturated rings. The number of alkyl halides is 4. The molecule has 2 rings (SSSR count). The Morgan fingerprint density at radius 1 is 1.18 bits per heavy atom. The first-order valence-electron chi connectivity index (χ1n) is 7.87. The Hall–Kier alpha value is -0.850. The van der Waals surface area contributed by atoms with Crippen molar-refractivity contribution in [1.82, 2.24) is 9.55 Å². The fourth-order valence-electron chi connectivity index (χ4n) is 2.54. The van der Waals surface area contributed by atoms with Crippen LogP contribution in [0, 0.1) is 4.77 Å². The quantitative estimate of drug-likeness (QED) is 0.144. The molecule has 23 heteroatoms. The number of aliphatic hydroxyl groups excluding tert-OH is 1. The van der Waals surface area contributed by atoms with Crippen LogP contribution in [-0.4, -0.2) is 64.9 Å². The zero-order chi connectivity index (χ0) is 25.6. The number of rotatable bonds is 8. The third-order valence-electron chi connectivity index (χ3n) is 3.80. The molecule has 1 aliphatic heterocycles. The first kappa shape index (κ1) is 28.4. The highest BCUT2D eigenvalue weighted by Gasteiger charge is 2.73. The molecule has 2 heterocycles. The predicted molar refractivity (Wildman–Crippen MR) is 95.5 cm³/mol. The maximum Gasteiger partial charge on any atom is 0.490 e. The Kier molecular flexibility index (Phi) is 8.01. The molecule has 6 atom stereocenters. The number of H-pyrrole nitrogens is 1. The molecular formula is C10H13F4N2O13P3S. The van der Waals surface area contributed by atoms with Crippen LogP contribution in [0.3, 0.4) is 0 Å². The summed E-state index contributed by atoms with van der Waals surface area (Å²) in [4.78, 5) is 48.4. The van der Waals surface area contributed by atoms with Crippen molar-refractivity contribution in [2.45, 2.75) is 30.3 Å². The van der Waals surface area contributed by atoms with E-state index in [1.165, 1.54) is 0 Å². The molecule has 1 saturated heterocycles. The van der Waals surface area contributed by atoms with Crippen LogP contribution in [0.15, 0.2) is 17.1 Å². The summed E-state index contributed by atoms with van der Waals surface area (Å²) < 4.78 is 104. The minimum atomic E-state index is -5.95. The second kappa shape index (κ2) is 9.31. The fourth-order valence-corrected chi connectivity index (χ4v) is 5.83. The van der Waals surface area contributed by atoms with Crippen LogP contribution in [0.5, 0.6) is 0 Å². The molecule has 6 N–H and O–H groups in total. The summed E-state index contributed by atoms with van der Waals surface area (Å²) in [7, 11) is -17.5. The van der Waals surface area contributed by atoms with Crippen LogP contribution in [0.2, 0.25) is 0 Å². The molecule has 15 nitrogen and oxygen atoms in total. The highest BCUT2D eigenvalue weighted by Crippen LogP contribution is 2.66. The van der Waals surface area contributed by atoms with Gasteiger partial charge in [-0.25, -0.2) is 18.1 Å². The van der Waals surface area contributed by atoms with E-state index in [0.717, 1.165) is 0 Å². The number of aromatic nitrogens is 2. The van der Waals surface area contributed by atoms with Gasteiger partial charge in [0.15, 0.2) is 11.0 Å². The van der Waals surface area contributed by atoms with E-state index in [-0.39, 0.29) is 4.57 Å². The Labute approximate surface area is 184 Å². The maximum atomic E-state index is 15.1. The van der Waals surface area contributed by atoms with Crippen LogP contribution in [0.4, 0.5) is 17.6 Å². The maximum absolute atomic E-state index is 15.1. The SMILES string of the molecule is O=c1ccn([C@@H]2O[C@H](COP(=O)(O)OP(=O)(O)OP(=O)(O)O)[C@H](O)C2(F)C(F)(F)F)c(=S)[nH]1. The van der Waals surface area contributed by atoms with Crippen molar-refractivity contribution < 1.29 is 73.8 Å². The first-order chi connectivity index (χ1) is 14.7. The number of nitrogens with one attached hydrogen (secondary N) is 1. The summed E-state index contributed by atoms with van der Waals surface area (Å²) in [6.07, 6.45) is -13.5. The lowest BCUT2D eigenvalue weighted by Gasteiger charge is -2.31. The van der Waals surface area contributed by atoms with E-state index in [9.17, 15) is 41.7 Å². The van der Waals surface area contributed by atoms with Crippen LogP contribution in [0.25, 0.3) is 0 Å². The van der Waals surface area contributed by atoms with Gasteiger partial charge in [0.05, 0.1) is 6.61 Å². The van der Waals surface area contributed by atoms with Gasteiger partial charge in [-0.15, -0.1) is 0 Å². The number of aromatic amines is 1. The highest BCUT2D eigenvalue weighted by atomic mass is 32.1. The summed E-state index contributed by atoms with van der Waals surface area (Å²) >= 11 is 4.65. The number of phosphoric ester groups is 1. The monoisotopic (exact) mass is 570 g/mol. The summed E-state index contributed by atoms with van der Waals surface area (Å²) in [5, 5.41) is 9.94. The van der Waals surface area contributed by atoms with Crippen molar-refractivity contribution in [2.24, 2.45) is 0 Å². The van der Waals surface area contributed by atoms with Crippen molar-refractivity contribution in [3.63, 3.8) is 0 Å². The van der Waals surface area contributed by atoms with Crippen molar-refractivity contribution >= 4 is 35.7 Å². The average Bonchev–Trinajstić information content (AvgIpc) is 2.82. The van der Waals surface area contributed by atoms with E-state index in [1.54, 1.807) is 0 Å². The molecule has 3 unspecified atom stereocenters. The Bertz CT molecular complexity index is 1150. The number of halogens is 4. The highest BCUT2D eigenvalue weighted by molar-refractivity contribution is 7.71. The largest absolute Gasteiger partial charge is 0.490 e. The van der Waals surface area contributed by atoms with Crippen molar-refractivity contribution in [1.29, 1.82) is 0 Å². The van der Waals surface area contributed by atoms with Gasteiger partial charge in [0.2, 0.25) is 0 Å². The lowest BCUT2D eigenvalue weighted by molar-refractivity contribution is -0.273. The summed E-state index contributed by atoms with van der Waals surface area (Å²) in [6, 6.07) is 0.654.